The number of carbonyl (C=O) groups excluding carboxylic acids is 1. The molecule has 0 aliphatic carbocycles. The lowest BCUT2D eigenvalue weighted by Crippen LogP contribution is -2.35. The smallest absolute Gasteiger partial charge is 0.226 e. The van der Waals surface area contributed by atoms with Crippen LogP contribution in [0.25, 0.3) is 0 Å². The quantitative estimate of drug-likeness (QED) is 0.934. The zero-order valence-corrected chi connectivity index (χ0v) is 11.9. The van der Waals surface area contributed by atoms with E-state index in [0.717, 1.165) is 12.0 Å². The van der Waals surface area contributed by atoms with Crippen molar-refractivity contribution in [2.24, 2.45) is 5.92 Å². The molecular formula is C14H14ClN3O3. The summed E-state index contributed by atoms with van der Waals surface area (Å²) < 4.78 is 10.0. The van der Waals surface area contributed by atoms with Crippen molar-refractivity contribution in [3.05, 3.63) is 47.1 Å². The Bertz CT molecular complexity index is 594. The zero-order valence-electron chi connectivity index (χ0n) is 11.2. The number of nitrogens with one attached hydrogen (secondary N) is 1. The Morgan fingerprint density at radius 3 is 2.81 bits per heavy atom. The third-order valence-electron chi connectivity index (χ3n) is 3.43. The van der Waals surface area contributed by atoms with E-state index in [0.29, 0.717) is 24.1 Å². The topological polar surface area (TPSA) is 77.3 Å². The predicted octanol–water partition coefficient (Wildman–Crippen LogP) is 1.97. The van der Waals surface area contributed by atoms with Crippen LogP contribution in [0.15, 0.2) is 35.2 Å². The van der Waals surface area contributed by atoms with Crippen molar-refractivity contribution in [2.75, 3.05) is 13.2 Å². The minimum absolute atomic E-state index is 0.0720. The molecule has 0 radical (unpaired) electrons. The first-order valence-corrected chi connectivity index (χ1v) is 7.01. The number of rotatable bonds is 4. The minimum atomic E-state index is -0.464. The van der Waals surface area contributed by atoms with Crippen molar-refractivity contribution in [1.82, 2.24) is 15.5 Å². The van der Waals surface area contributed by atoms with Crippen molar-refractivity contribution in [3.8, 4) is 0 Å². The third-order valence-corrected chi connectivity index (χ3v) is 3.68. The monoisotopic (exact) mass is 307 g/mol. The molecule has 2 unspecified atom stereocenters. The van der Waals surface area contributed by atoms with Crippen LogP contribution in [0.1, 0.15) is 23.9 Å². The van der Waals surface area contributed by atoms with Crippen molar-refractivity contribution in [2.45, 2.75) is 12.5 Å². The highest BCUT2D eigenvalue weighted by atomic mass is 35.5. The maximum absolute atomic E-state index is 12.3. The molecule has 0 saturated carbocycles. The molecule has 1 aliphatic rings. The van der Waals surface area contributed by atoms with Gasteiger partial charge in [-0.1, -0.05) is 28.9 Å². The molecule has 1 N–H and O–H groups in total. The van der Waals surface area contributed by atoms with Gasteiger partial charge < -0.3 is 14.6 Å². The van der Waals surface area contributed by atoms with Gasteiger partial charge in [-0.2, -0.15) is 4.98 Å². The summed E-state index contributed by atoms with van der Waals surface area (Å²) in [5.74, 6) is 0.202. The van der Waals surface area contributed by atoms with E-state index in [9.17, 15) is 4.79 Å². The van der Waals surface area contributed by atoms with Crippen LogP contribution in [0.3, 0.4) is 0 Å². The van der Waals surface area contributed by atoms with E-state index in [2.05, 4.69) is 15.5 Å². The largest absolute Gasteiger partial charge is 0.381 e. The molecule has 2 atom stereocenters. The molecule has 1 fully saturated rings. The first kappa shape index (κ1) is 14.0. The SMILES string of the molecule is O=C(NC(c1ccc(Cl)cc1)c1ncon1)C1CCOC1. The van der Waals surface area contributed by atoms with Crippen LogP contribution in [-0.2, 0) is 9.53 Å². The van der Waals surface area contributed by atoms with E-state index in [1.54, 1.807) is 12.1 Å². The van der Waals surface area contributed by atoms with E-state index in [-0.39, 0.29) is 11.8 Å². The second-order valence-corrected chi connectivity index (χ2v) is 5.28. The van der Waals surface area contributed by atoms with Crippen LogP contribution in [-0.4, -0.2) is 29.3 Å². The minimum Gasteiger partial charge on any atom is -0.381 e. The number of aromatic nitrogens is 2. The lowest BCUT2D eigenvalue weighted by molar-refractivity contribution is -0.125. The first-order chi connectivity index (χ1) is 10.2. The van der Waals surface area contributed by atoms with Gasteiger partial charge >= 0.3 is 0 Å². The van der Waals surface area contributed by atoms with E-state index in [1.807, 2.05) is 12.1 Å². The maximum atomic E-state index is 12.3. The van der Waals surface area contributed by atoms with Crippen LogP contribution in [0.5, 0.6) is 0 Å². The number of amides is 1. The number of hydrogen-bond acceptors (Lipinski definition) is 5. The first-order valence-electron chi connectivity index (χ1n) is 6.64. The lowest BCUT2D eigenvalue weighted by atomic mass is 10.0. The fourth-order valence-corrected chi connectivity index (χ4v) is 2.39. The summed E-state index contributed by atoms with van der Waals surface area (Å²) in [4.78, 5) is 16.3. The zero-order chi connectivity index (χ0) is 14.7. The predicted molar refractivity (Wildman–Crippen MR) is 74.7 cm³/mol. The van der Waals surface area contributed by atoms with Crippen molar-refractivity contribution >= 4 is 17.5 Å². The molecule has 3 rings (SSSR count). The molecule has 1 aliphatic heterocycles. The van der Waals surface area contributed by atoms with Gasteiger partial charge in [-0.05, 0) is 24.1 Å². The number of ether oxygens (including phenoxy) is 1. The third kappa shape index (κ3) is 3.22. The molecule has 0 bridgehead atoms. The fraction of sp³-hybridized carbons (Fsp3) is 0.357. The van der Waals surface area contributed by atoms with Crippen LogP contribution >= 0.6 is 11.6 Å². The number of carbonyl (C=O) groups is 1. The van der Waals surface area contributed by atoms with Gasteiger partial charge in [-0.15, -0.1) is 0 Å². The lowest BCUT2D eigenvalue weighted by Gasteiger charge is -2.18. The Balaban J connectivity index is 1.82. The number of hydrogen-bond donors (Lipinski definition) is 1. The van der Waals surface area contributed by atoms with E-state index in [1.165, 1.54) is 6.39 Å². The summed E-state index contributed by atoms with van der Waals surface area (Å²) in [5.41, 5.74) is 0.841. The summed E-state index contributed by atoms with van der Waals surface area (Å²) in [6.45, 7) is 1.07. The molecule has 1 aromatic carbocycles. The standard InChI is InChI=1S/C14H14ClN3O3/c15-11-3-1-9(2-4-11)12(13-16-8-21-18-13)17-14(19)10-5-6-20-7-10/h1-4,8,10,12H,5-7H2,(H,17,19). The molecule has 1 aromatic heterocycles. The Morgan fingerprint density at radius 2 is 2.19 bits per heavy atom. The number of benzene rings is 1. The summed E-state index contributed by atoms with van der Waals surface area (Å²) >= 11 is 5.90. The molecule has 0 spiro atoms. The number of halogens is 1. The molecule has 2 aromatic rings. The summed E-state index contributed by atoms with van der Waals surface area (Å²) in [6.07, 6.45) is 1.97. The van der Waals surface area contributed by atoms with Crippen molar-refractivity contribution < 1.29 is 14.1 Å². The fourth-order valence-electron chi connectivity index (χ4n) is 2.26. The molecule has 7 heteroatoms. The second-order valence-electron chi connectivity index (χ2n) is 4.84. The average Bonchev–Trinajstić information content (AvgIpc) is 3.19. The Labute approximate surface area is 126 Å². The highest BCUT2D eigenvalue weighted by Crippen LogP contribution is 2.22. The van der Waals surface area contributed by atoms with Crippen LogP contribution in [0.4, 0.5) is 0 Å². The van der Waals surface area contributed by atoms with Crippen LogP contribution in [0, 0.1) is 5.92 Å². The van der Waals surface area contributed by atoms with Gasteiger partial charge in [0.1, 0.15) is 6.04 Å². The van der Waals surface area contributed by atoms with Crippen molar-refractivity contribution in [1.29, 1.82) is 0 Å². The molecule has 1 saturated heterocycles. The van der Waals surface area contributed by atoms with Gasteiger partial charge in [-0.25, -0.2) is 0 Å². The van der Waals surface area contributed by atoms with Crippen molar-refractivity contribution in [3.63, 3.8) is 0 Å². The Hall–Kier alpha value is -1.92. The molecule has 2 heterocycles. The summed E-state index contributed by atoms with van der Waals surface area (Å²) in [6, 6.07) is 6.71. The normalized spacial score (nSPS) is 19.4. The van der Waals surface area contributed by atoms with Crippen LogP contribution in [0.2, 0.25) is 5.02 Å². The molecule has 1 amide bonds. The van der Waals surface area contributed by atoms with Gasteiger partial charge in [-0.3, -0.25) is 4.79 Å². The maximum Gasteiger partial charge on any atom is 0.226 e. The molecule has 6 nitrogen and oxygen atoms in total. The molecule has 110 valence electrons. The second kappa shape index (κ2) is 6.24. The average molecular weight is 308 g/mol. The highest BCUT2D eigenvalue weighted by Gasteiger charge is 2.28. The summed E-state index contributed by atoms with van der Waals surface area (Å²) in [5, 5.41) is 7.41. The highest BCUT2D eigenvalue weighted by molar-refractivity contribution is 6.30. The van der Waals surface area contributed by atoms with Gasteiger partial charge in [0.2, 0.25) is 12.3 Å². The van der Waals surface area contributed by atoms with E-state index < -0.39 is 6.04 Å². The van der Waals surface area contributed by atoms with Gasteiger partial charge in [0.15, 0.2) is 5.82 Å². The van der Waals surface area contributed by atoms with Gasteiger partial charge in [0, 0.05) is 11.6 Å². The van der Waals surface area contributed by atoms with Crippen LogP contribution < -0.4 is 5.32 Å². The van der Waals surface area contributed by atoms with Gasteiger partial charge in [0.05, 0.1) is 12.5 Å². The van der Waals surface area contributed by atoms with E-state index >= 15 is 0 Å². The van der Waals surface area contributed by atoms with E-state index in [4.69, 9.17) is 20.9 Å². The Kier molecular flexibility index (Phi) is 4.17. The number of nitrogens with zero attached hydrogens (tertiary/aromatic N) is 2. The molecule has 21 heavy (non-hydrogen) atoms. The summed E-state index contributed by atoms with van der Waals surface area (Å²) in [7, 11) is 0. The molecular weight excluding hydrogens is 294 g/mol. The van der Waals surface area contributed by atoms with Gasteiger partial charge in [0.25, 0.3) is 0 Å². The Morgan fingerprint density at radius 1 is 1.38 bits per heavy atom.